The van der Waals surface area contributed by atoms with Crippen molar-refractivity contribution in [3.05, 3.63) is 58.1 Å². The Kier molecular flexibility index (Phi) is 4.46. The maximum atomic E-state index is 9.25. The number of ether oxygens (including phenoxy) is 1. The number of aliphatic hydroxyl groups excluding tert-OH is 1. The lowest BCUT2D eigenvalue weighted by molar-refractivity contribution is 0.282. The average Bonchev–Trinajstić information content (AvgIpc) is 2.69. The molecule has 3 nitrogen and oxygen atoms in total. The van der Waals surface area contributed by atoms with Gasteiger partial charge in [0.05, 0.1) is 19.3 Å². The van der Waals surface area contributed by atoms with Crippen LogP contribution in [0.4, 0.5) is 5.69 Å². The van der Waals surface area contributed by atoms with Crippen LogP contribution in [-0.4, -0.2) is 11.7 Å². The van der Waals surface area contributed by atoms with Gasteiger partial charge >= 0.3 is 0 Å². The summed E-state index contributed by atoms with van der Waals surface area (Å²) >= 11 is 3.49. The van der Waals surface area contributed by atoms with Crippen LogP contribution < -0.4 is 10.1 Å². The topological polar surface area (TPSA) is 41.5 Å². The Morgan fingerprint density at radius 2 is 2.14 bits per heavy atom. The molecule has 0 saturated heterocycles. The minimum absolute atomic E-state index is 0.0623. The first-order valence-corrected chi connectivity index (χ1v) is 7.94. The molecular weight excluding hydrogens is 330 g/mol. The SMILES string of the molecule is OCc1cccc(NC2CCCOc3cc(Br)ccc32)c1. The molecule has 1 unspecified atom stereocenters. The third kappa shape index (κ3) is 3.39. The summed E-state index contributed by atoms with van der Waals surface area (Å²) in [6, 6.07) is 14.3. The van der Waals surface area contributed by atoms with Crippen molar-refractivity contribution in [2.24, 2.45) is 0 Å². The van der Waals surface area contributed by atoms with E-state index in [-0.39, 0.29) is 12.6 Å². The molecule has 0 aliphatic carbocycles. The molecule has 2 aromatic carbocycles. The quantitative estimate of drug-likeness (QED) is 0.871. The van der Waals surface area contributed by atoms with E-state index < -0.39 is 0 Å². The molecule has 1 aliphatic heterocycles. The van der Waals surface area contributed by atoms with Crippen molar-refractivity contribution in [1.82, 2.24) is 0 Å². The van der Waals surface area contributed by atoms with Crippen LogP contribution in [0.25, 0.3) is 0 Å². The number of rotatable bonds is 3. The van der Waals surface area contributed by atoms with E-state index in [0.717, 1.165) is 40.9 Å². The third-order valence-electron chi connectivity index (χ3n) is 3.70. The first-order valence-electron chi connectivity index (χ1n) is 7.15. The van der Waals surface area contributed by atoms with Crippen LogP contribution in [0.3, 0.4) is 0 Å². The molecule has 3 rings (SSSR count). The molecule has 0 saturated carbocycles. The van der Waals surface area contributed by atoms with Gasteiger partial charge in [-0.1, -0.05) is 34.1 Å². The van der Waals surface area contributed by atoms with E-state index in [1.165, 1.54) is 5.56 Å². The van der Waals surface area contributed by atoms with Crippen molar-refractivity contribution < 1.29 is 9.84 Å². The standard InChI is InChI=1S/C17H18BrNO2/c18-13-6-7-15-16(5-2-8-21-17(15)10-13)19-14-4-1-3-12(9-14)11-20/h1,3-4,6-7,9-10,16,19-20H,2,5,8,11H2. The minimum atomic E-state index is 0.0623. The molecule has 0 aromatic heterocycles. The molecule has 0 fully saturated rings. The highest BCUT2D eigenvalue weighted by Gasteiger charge is 2.19. The highest BCUT2D eigenvalue weighted by molar-refractivity contribution is 9.10. The highest BCUT2D eigenvalue weighted by atomic mass is 79.9. The maximum absolute atomic E-state index is 9.25. The van der Waals surface area contributed by atoms with E-state index in [1.54, 1.807) is 0 Å². The molecule has 0 spiro atoms. The molecule has 1 heterocycles. The molecule has 2 N–H and O–H groups in total. The second kappa shape index (κ2) is 6.50. The number of nitrogens with one attached hydrogen (secondary N) is 1. The number of hydrogen-bond donors (Lipinski definition) is 2. The van der Waals surface area contributed by atoms with E-state index in [2.05, 4.69) is 27.3 Å². The number of anilines is 1. The summed E-state index contributed by atoms with van der Waals surface area (Å²) in [5, 5.41) is 12.8. The average molecular weight is 348 g/mol. The summed E-state index contributed by atoms with van der Waals surface area (Å²) in [5.74, 6) is 0.942. The summed E-state index contributed by atoms with van der Waals surface area (Å²) in [7, 11) is 0. The predicted molar refractivity (Wildman–Crippen MR) is 87.6 cm³/mol. The van der Waals surface area contributed by atoms with Gasteiger partial charge in [0.1, 0.15) is 5.75 Å². The van der Waals surface area contributed by atoms with Gasteiger partial charge in [0, 0.05) is 15.7 Å². The number of aliphatic hydroxyl groups is 1. The van der Waals surface area contributed by atoms with Gasteiger partial charge in [-0.25, -0.2) is 0 Å². The fourth-order valence-corrected chi connectivity index (χ4v) is 3.00. The lowest BCUT2D eigenvalue weighted by atomic mass is 10.0. The van der Waals surface area contributed by atoms with Gasteiger partial charge in [-0.2, -0.15) is 0 Å². The molecule has 110 valence electrons. The molecule has 1 atom stereocenters. The first-order chi connectivity index (χ1) is 10.3. The summed E-state index contributed by atoms with van der Waals surface area (Å²) in [4.78, 5) is 0. The van der Waals surface area contributed by atoms with Crippen molar-refractivity contribution in [2.45, 2.75) is 25.5 Å². The molecule has 0 radical (unpaired) electrons. The Morgan fingerprint density at radius 1 is 1.24 bits per heavy atom. The van der Waals surface area contributed by atoms with Gasteiger partial charge < -0.3 is 15.2 Å². The Hall–Kier alpha value is -1.52. The van der Waals surface area contributed by atoms with Crippen molar-refractivity contribution in [3.63, 3.8) is 0 Å². The molecule has 0 bridgehead atoms. The van der Waals surface area contributed by atoms with E-state index in [0.29, 0.717) is 0 Å². The van der Waals surface area contributed by atoms with E-state index in [1.807, 2.05) is 36.4 Å². The lowest BCUT2D eigenvalue weighted by Crippen LogP contribution is -2.10. The summed E-state index contributed by atoms with van der Waals surface area (Å²) in [6.45, 7) is 0.811. The van der Waals surface area contributed by atoms with Gasteiger partial charge in [-0.05, 0) is 42.7 Å². The summed E-state index contributed by atoms with van der Waals surface area (Å²) in [6.07, 6.45) is 2.04. The minimum Gasteiger partial charge on any atom is -0.493 e. The van der Waals surface area contributed by atoms with Gasteiger partial charge in [-0.15, -0.1) is 0 Å². The molecule has 1 aliphatic rings. The first kappa shape index (κ1) is 14.4. The van der Waals surface area contributed by atoms with Crippen LogP contribution in [0.5, 0.6) is 5.75 Å². The van der Waals surface area contributed by atoms with Gasteiger partial charge in [0.15, 0.2) is 0 Å². The summed E-state index contributed by atoms with van der Waals surface area (Å²) < 4.78 is 6.86. The zero-order chi connectivity index (χ0) is 14.7. The van der Waals surface area contributed by atoms with E-state index >= 15 is 0 Å². The normalized spacial score (nSPS) is 17.5. The van der Waals surface area contributed by atoms with Gasteiger partial charge in [-0.3, -0.25) is 0 Å². The second-order valence-electron chi connectivity index (χ2n) is 5.23. The second-order valence-corrected chi connectivity index (χ2v) is 6.14. The predicted octanol–water partition coefficient (Wildman–Crippen LogP) is 4.27. The molecule has 4 heteroatoms. The summed E-state index contributed by atoms with van der Waals surface area (Å²) in [5.41, 5.74) is 3.13. The molecule has 21 heavy (non-hydrogen) atoms. The van der Waals surface area contributed by atoms with Gasteiger partial charge in [0.25, 0.3) is 0 Å². The fourth-order valence-electron chi connectivity index (χ4n) is 2.66. The van der Waals surface area contributed by atoms with Crippen molar-refractivity contribution >= 4 is 21.6 Å². The highest BCUT2D eigenvalue weighted by Crippen LogP contribution is 2.35. The monoisotopic (exact) mass is 347 g/mol. The van der Waals surface area contributed by atoms with Crippen molar-refractivity contribution in [2.75, 3.05) is 11.9 Å². The number of hydrogen-bond acceptors (Lipinski definition) is 3. The number of fused-ring (bicyclic) bond motifs is 1. The van der Waals surface area contributed by atoms with E-state index in [4.69, 9.17) is 4.74 Å². The number of benzene rings is 2. The maximum Gasteiger partial charge on any atom is 0.125 e. The van der Waals surface area contributed by atoms with Crippen molar-refractivity contribution in [3.8, 4) is 5.75 Å². The molecular formula is C17H18BrNO2. The lowest BCUT2D eigenvalue weighted by Gasteiger charge is -2.20. The molecule has 2 aromatic rings. The third-order valence-corrected chi connectivity index (χ3v) is 4.19. The van der Waals surface area contributed by atoms with Crippen LogP contribution in [0.15, 0.2) is 46.9 Å². The Morgan fingerprint density at radius 3 is 3.00 bits per heavy atom. The Labute approximate surface area is 133 Å². The molecule has 0 amide bonds. The zero-order valence-corrected chi connectivity index (χ0v) is 13.3. The smallest absolute Gasteiger partial charge is 0.125 e. The fraction of sp³-hybridized carbons (Fsp3) is 0.294. The van der Waals surface area contributed by atoms with E-state index in [9.17, 15) is 5.11 Å². The Bertz CT molecular complexity index is 630. The van der Waals surface area contributed by atoms with Crippen LogP contribution in [0, 0.1) is 0 Å². The largest absolute Gasteiger partial charge is 0.493 e. The van der Waals surface area contributed by atoms with Crippen LogP contribution in [0.2, 0.25) is 0 Å². The van der Waals surface area contributed by atoms with Crippen LogP contribution in [-0.2, 0) is 6.61 Å². The van der Waals surface area contributed by atoms with Crippen LogP contribution >= 0.6 is 15.9 Å². The van der Waals surface area contributed by atoms with Gasteiger partial charge in [0.2, 0.25) is 0 Å². The van der Waals surface area contributed by atoms with Crippen molar-refractivity contribution in [1.29, 1.82) is 0 Å². The zero-order valence-electron chi connectivity index (χ0n) is 11.7. The number of halogens is 1. The van der Waals surface area contributed by atoms with Crippen LogP contribution in [0.1, 0.15) is 30.0 Å². The Balaban J connectivity index is 1.88.